The molecule has 3 unspecified atom stereocenters. The number of benzene rings is 1. The predicted molar refractivity (Wildman–Crippen MR) is 112 cm³/mol. The summed E-state index contributed by atoms with van der Waals surface area (Å²) in [6.07, 6.45) is 2.25. The summed E-state index contributed by atoms with van der Waals surface area (Å²) in [5, 5.41) is 15.8. The molecule has 0 heterocycles. The Hall–Kier alpha value is -2.41. The van der Waals surface area contributed by atoms with E-state index < -0.39 is 23.4 Å². The van der Waals surface area contributed by atoms with Gasteiger partial charge in [-0.25, -0.2) is 5.06 Å². The summed E-state index contributed by atoms with van der Waals surface area (Å²) in [4.78, 5) is 36.3. The van der Waals surface area contributed by atoms with Gasteiger partial charge in [-0.3, -0.25) is 19.6 Å². The maximum atomic E-state index is 13.0. The lowest BCUT2D eigenvalue weighted by molar-refractivity contribution is -0.166. The van der Waals surface area contributed by atoms with E-state index in [-0.39, 0.29) is 11.8 Å². The number of amides is 3. The molecule has 162 valence electrons. The fourth-order valence-electron chi connectivity index (χ4n) is 3.22. The first kappa shape index (κ1) is 24.6. The monoisotopic (exact) mass is 405 g/mol. The third-order valence-electron chi connectivity index (χ3n) is 5.21. The van der Waals surface area contributed by atoms with E-state index in [2.05, 4.69) is 22.8 Å². The summed E-state index contributed by atoms with van der Waals surface area (Å²) in [6.45, 7) is 9.25. The van der Waals surface area contributed by atoms with Crippen molar-refractivity contribution in [3.05, 3.63) is 35.4 Å². The lowest BCUT2D eigenvalue weighted by Crippen LogP contribution is -2.56. The fraction of sp³-hybridized carbons (Fsp3) is 0.591. The smallest absolute Gasteiger partial charge is 0.242 e. The van der Waals surface area contributed by atoms with Crippen molar-refractivity contribution in [2.45, 2.75) is 66.0 Å². The topological polar surface area (TPSA) is 98.7 Å². The fourth-order valence-corrected chi connectivity index (χ4v) is 3.22. The van der Waals surface area contributed by atoms with E-state index in [0.29, 0.717) is 24.3 Å². The number of nitrogens with one attached hydrogen (secondary N) is 2. The standard InChI is InChI=1S/C22H35N3O4/c1-15-10-12-17(13-11-15)8-7-9-18(16(2)25(29)14-26)20(27)24-19(21(28)23-6)22(3,4)5/h10-14,16,18-19,29H,7-9H2,1-6H3,(H,23,28)(H,24,27). The average Bonchev–Trinajstić information content (AvgIpc) is 2.68. The summed E-state index contributed by atoms with van der Waals surface area (Å²) in [7, 11) is 1.52. The van der Waals surface area contributed by atoms with Gasteiger partial charge in [0.1, 0.15) is 6.04 Å². The molecule has 3 N–H and O–H groups in total. The molecule has 7 heteroatoms. The molecule has 0 aliphatic carbocycles. The van der Waals surface area contributed by atoms with E-state index >= 15 is 0 Å². The predicted octanol–water partition coefficient (Wildman–Crippen LogP) is 2.45. The molecular weight excluding hydrogens is 370 g/mol. The molecule has 0 aromatic heterocycles. The first-order chi connectivity index (χ1) is 13.5. The minimum Gasteiger partial charge on any atom is -0.357 e. The Labute approximate surface area is 173 Å². The number of likely N-dealkylation sites (N-methyl/N-ethyl adjacent to an activating group) is 1. The number of hydrogen-bond acceptors (Lipinski definition) is 4. The second-order valence-electron chi connectivity index (χ2n) is 8.63. The molecule has 1 aromatic rings. The van der Waals surface area contributed by atoms with Gasteiger partial charge < -0.3 is 10.6 Å². The molecule has 0 saturated carbocycles. The summed E-state index contributed by atoms with van der Waals surface area (Å²) in [5.74, 6) is -1.29. The van der Waals surface area contributed by atoms with Crippen LogP contribution in [0.2, 0.25) is 0 Å². The van der Waals surface area contributed by atoms with Gasteiger partial charge in [-0.15, -0.1) is 0 Å². The van der Waals surface area contributed by atoms with Crippen LogP contribution in [0.4, 0.5) is 0 Å². The van der Waals surface area contributed by atoms with Gasteiger partial charge >= 0.3 is 0 Å². The van der Waals surface area contributed by atoms with Crippen molar-refractivity contribution in [1.29, 1.82) is 0 Å². The number of hydroxylamine groups is 2. The van der Waals surface area contributed by atoms with Crippen LogP contribution in [0.25, 0.3) is 0 Å². The number of aryl methyl sites for hydroxylation is 2. The minimum atomic E-state index is -0.727. The molecule has 0 spiro atoms. The maximum Gasteiger partial charge on any atom is 0.242 e. The Morgan fingerprint density at radius 2 is 1.76 bits per heavy atom. The highest BCUT2D eigenvalue weighted by Gasteiger charge is 2.36. The summed E-state index contributed by atoms with van der Waals surface area (Å²) >= 11 is 0. The van der Waals surface area contributed by atoms with Crippen LogP contribution in [0.15, 0.2) is 24.3 Å². The summed E-state index contributed by atoms with van der Waals surface area (Å²) in [5.41, 5.74) is 1.86. The van der Waals surface area contributed by atoms with Gasteiger partial charge in [0, 0.05) is 7.05 Å². The van der Waals surface area contributed by atoms with Crippen LogP contribution in [-0.4, -0.2) is 47.6 Å². The van der Waals surface area contributed by atoms with Gasteiger partial charge in [0.15, 0.2) is 0 Å². The van der Waals surface area contributed by atoms with Crippen LogP contribution in [0.1, 0.15) is 51.7 Å². The van der Waals surface area contributed by atoms with E-state index in [4.69, 9.17) is 0 Å². The molecule has 0 aliphatic rings. The van der Waals surface area contributed by atoms with Crippen molar-refractivity contribution >= 4 is 18.2 Å². The highest BCUT2D eigenvalue weighted by Crippen LogP contribution is 2.23. The zero-order chi connectivity index (χ0) is 22.2. The molecule has 0 radical (unpaired) electrons. The zero-order valence-electron chi connectivity index (χ0n) is 18.4. The number of carbonyl (C=O) groups excluding carboxylic acids is 3. The van der Waals surface area contributed by atoms with Crippen LogP contribution < -0.4 is 10.6 Å². The Balaban J connectivity index is 2.92. The van der Waals surface area contributed by atoms with Crippen LogP contribution in [0.3, 0.4) is 0 Å². The van der Waals surface area contributed by atoms with Crippen molar-refractivity contribution in [2.75, 3.05) is 7.05 Å². The Morgan fingerprint density at radius 3 is 2.24 bits per heavy atom. The van der Waals surface area contributed by atoms with Gasteiger partial charge in [-0.05, 0) is 44.1 Å². The SMILES string of the molecule is CNC(=O)C(NC(=O)C(CCCc1ccc(C)cc1)C(C)N(O)C=O)C(C)(C)C. The van der Waals surface area contributed by atoms with Crippen molar-refractivity contribution in [3.8, 4) is 0 Å². The average molecular weight is 406 g/mol. The third kappa shape index (κ3) is 7.49. The van der Waals surface area contributed by atoms with Crippen molar-refractivity contribution in [2.24, 2.45) is 11.3 Å². The normalized spacial score (nSPS) is 14.4. The van der Waals surface area contributed by atoms with Gasteiger partial charge in [0.2, 0.25) is 18.2 Å². The van der Waals surface area contributed by atoms with Gasteiger partial charge in [0.25, 0.3) is 0 Å². The lowest BCUT2D eigenvalue weighted by Gasteiger charge is -2.33. The Kier molecular flexibility index (Phi) is 9.30. The van der Waals surface area contributed by atoms with E-state index in [9.17, 15) is 19.6 Å². The van der Waals surface area contributed by atoms with Crippen LogP contribution in [-0.2, 0) is 20.8 Å². The Morgan fingerprint density at radius 1 is 1.17 bits per heavy atom. The molecule has 0 saturated heterocycles. The molecule has 0 bridgehead atoms. The summed E-state index contributed by atoms with van der Waals surface area (Å²) in [6, 6.07) is 6.76. The minimum absolute atomic E-state index is 0.284. The molecule has 0 fully saturated rings. The van der Waals surface area contributed by atoms with Crippen LogP contribution in [0.5, 0.6) is 0 Å². The second-order valence-corrected chi connectivity index (χ2v) is 8.63. The molecule has 0 aliphatic heterocycles. The van der Waals surface area contributed by atoms with E-state index in [1.807, 2.05) is 39.8 Å². The van der Waals surface area contributed by atoms with Crippen molar-refractivity contribution in [1.82, 2.24) is 15.7 Å². The molecular formula is C22H35N3O4. The van der Waals surface area contributed by atoms with Crippen molar-refractivity contribution < 1.29 is 19.6 Å². The first-order valence-corrected chi connectivity index (χ1v) is 10.0. The molecule has 1 aromatic carbocycles. The third-order valence-corrected chi connectivity index (χ3v) is 5.21. The van der Waals surface area contributed by atoms with E-state index in [1.165, 1.54) is 12.6 Å². The molecule has 1 rings (SSSR count). The highest BCUT2D eigenvalue weighted by atomic mass is 16.5. The largest absolute Gasteiger partial charge is 0.357 e. The maximum absolute atomic E-state index is 13.0. The Bertz CT molecular complexity index is 682. The van der Waals surface area contributed by atoms with E-state index in [1.54, 1.807) is 6.92 Å². The number of nitrogens with zero attached hydrogens (tertiary/aromatic N) is 1. The molecule has 29 heavy (non-hydrogen) atoms. The molecule has 7 nitrogen and oxygen atoms in total. The van der Waals surface area contributed by atoms with Gasteiger partial charge in [-0.1, -0.05) is 50.6 Å². The lowest BCUT2D eigenvalue weighted by atomic mass is 9.85. The van der Waals surface area contributed by atoms with Crippen LogP contribution >= 0.6 is 0 Å². The van der Waals surface area contributed by atoms with Crippen LogP contribution in [0, 0.1) is 18.3 Å². The highest BCUT2D eigenvalue weighted by molar-refractivity contribution is 5.89. The van der Waals surface area contributed by atoms with E-state index in [0.717, 1.165) is 12.0 Å². The quantitative estimate of drug-likeness (QED) is 0.316. The summed E-state index contributed by atoms with van der Waals surface area (Å²) < 4.78 is 0. The second kappa shape index (κ2) is 11.0. The molecule has 3 amide bonds. The van der Waals surface area contributed by atoms with Crippen molar-refractivity contribution in [3.63, 3.8) is 0 Å². The zero-order valence-corrected chi connectivity index (χ0v) is 18.4. The number of hydrogen-bond donors (Lipinski definition) is 3. The van der Waals surface area contributed by atoms with Gasteiger partial charge in [0.05, 0.1) is 12.0 Å². The molecule has 3 atom stereocenters. The van der Waals surface area contributed by atoms with Gasteiger partial charge in [-0.2, -0.15) is 0 Å². The number of carbonyl (C=O) groups is 3. The number of rotatable bonds is 10. The first-order valence-electron chi connectivity index (χ1n) is 10.0.